The third-order valence-corrected chi connectivity index (χ3v) is 4.28. The minimum Gasteiger partial charge on any atom is -0.399 e. The van der Waals surface area contributed by atoms with Crippen molar-refractivity contribution in [2.24, 2.45) is 7.05 Å². The molecule has 0 radical (unpaired) electrons. The van der Waals surface area contributed by atoms with Crippen molar-refractivity contribution in [2.45, 2.75) is 38.9 Å². The Hall–Kier alpha value is -1.33. The largest absolute Gasteiger partial charge is 0.498 e. The maximum atomic E-state index is 6.10. The second kappa shape index (κ2) is 3.84. The van der Waals surface area contributed by atoms with E-state index in [1.165, 1.54) is 0 Å². The van der Waals surface area contributed by atoms with Crippen molar-refractivity contribution >= 4 is 23.6 Å². The summed E-state index contributed by atoms with van der Waals surface area (Å²) >= 11 is 0. The predicted octanol–water partition coefficient (Wildman–Crippen LogP) is 1.87. The van der Waals surface area contributed by atoms with Gasteiger partial charge >= 0.3 is 7.12 Å². The van der Waals surface area contributed by atoms with Gasteiger partial charge in [-0.15, -0.1) is 0 Å². The monoisotopic (exact) mass is 258 g/mol. The van der Waals surface area contributed by atoms with Crippen molar-refractivity contribution in [3.05, 3.63) is 24.5 Å². The highest BCUT2D eigenvalue weighted by molar-refractivity contribution is 6.65. The molecular formula is C14H19BN2O2. The summed E-state index contributed by atoms with van der Waals surface area (Å²) in [5.41, 5.74) is 2.39. The van der Waals surface area contributed by atoms with Crippen LogP contribution in [0.25, 0.3) is 11.0 Å². The summed E-state index contributed by atoms with van der Waals surface area (Å²) in [6, 6.07) is 3.99. The number of nitrogens with zero attached hydrogens (tertiary/aromatic N) is 2. The van der Waals surface area contributed by atoms with Gasteiger partial charge in [-0.25, -0.2) is 0 Å². The van der Waals surface area contributed by atoms with Crippen LogP contribution in [0.3, 0.4) is 0 Å². The lowest BCUT2D eigenvalue weighted by molar-refractivity contribution is 0.00578. The van der Waals surface area contributed by atoms with Gasteiger partial charge in [0.2, 0.25) is 0 Å². The first-order valence-electron chi connectivity index (χ1n) is 6.57. The van der Waals surface area contributed by atoms with E-state index in [0.29, 0.717) is 0 Å². The lowest BCUT2D eigenvalue weighted by Gasteiger charge is -2.32. The molecule has 0 spiro atoms. The lowest BCUT2D eigenvalue weighted by Crippen LogP contribution is -2.41. The third-order valence-electron chi connectivity index (χ3n) is 4.28. The zero-order chi connectivity index (χ0) is 13.8. The fraction of sp³-hybridized carbons (Fsp3) is 0.500. The van der Waals surface area contributed by atoms with Crippen molar-refractivity contribution in [3.8, 4) is 0 Å². The molecule has 100 valence electrons. The van der Waals surface area contributed by atoms with Gasteiger partial charge in [0, 0.05) is 24.9 Å². The number of pyridine rings is 1. The third kappa shape index (κ3) is 1.80. The Balaban J connectivity index is 2.08. The SMILES string of the molecule is Cn1cc(B2OC(C)(C)C(C)(C)O2)c2ncccc21. The molecule has 0 unspecified atom stereocenters. The molecule has 3 heterocycles. The minimum atomic E-state index is -0.358. The summed E-state index contributed by atoms with van der Waals surface area (Å²) in [4.78, 5) is 4.46. The van der Waals surface area contributed by atoms with E-state index >= 15 is 0 Å². The Kier molecular flexibility index (Phi) is 2.56. The van der Waals surface area contributed by atoms with Crippen molar-refractivity contribution < 1.29 is 9.31 Å². The standard InChI is InChI=1S/C14H19BN2O2/c1-13(2)14(3,4)19-15(18-13)10-9-17(5)11-7-6-8-16-12(10)11/h6-9H,1-5H3. The second-order valence-corrected chi connectivity index (χ2v) is 6.15. The molecular weight excluding hydrogens is 239 g/mol. The normalized spacial score (nSPS) is 21.2. The molecule has 0 saturated carbocycles. The van der Waals surface area contributed by atoms with E-state index in [-0.39, 0.29) is 18.3 Å². The first-order chi connectivity index (χ1) is 8.82. The van der Waals surface area contributed by atoms with Crippen molar-refractivity contribution in [3.63, 3.8) is 0 Å². The molecule has 0 aromatic carbocycles. The fourth-order valence-electron chi connectivity index (χ4n) is 2.39. The second-order valence-electron chi connectivity index (χ2n) is 6.15. The van der Waals surface area contributed by atoms with Crippen molar-refractivity contribution in [1.29, 1.82) is 0 Å². The maximum absolute atomic E-state index is 6.10. The average molecular weight is 258 g/mol. The Morgan fingerprint density at radius 1 is 1.16 bits per heavy atom. The summed E-state index contributed by atoms with van der Waals surface area (Å²) < 4.78 is 14.3. The number of fused-ring (bicyclic) bond motifs is 1. The van der Waals surface area contributed by atoms with Crippen LogP contribution in [0.2, 0.25) is 0 Å². The van der Waals surface area contributed by atoms with Crippen LogP contribution in [0.15, 0.2) is 24.5 Å². The predicted molar refractivity (Wildman–Crippen MR) is 76.4 cm³/mol. The molecule has 19 heavy (non-hydrogen) atoms. The molecule has 2 aromatic heterocycles. The van der Waals surface area contributed by atoms with Gasteiger partial charge in [-0.05, 0) is 39.8 Å². The van der Waals surface area contributed by atoms with Crippen molar-refractivity contribution in [2.75, 3.05) is 0 Å². The van der Waals surface area contributed by atoms with Crippen LogP contribution in [-0.4, -0.2) is 27.9 Å². The molecule has 1 aliphatic rings. The number of hydrogen-bond acceptors (Lipinski definition) is 3. The smallest absolute Gasteiger partial charge is 0.399 e. The molecule has 0 N–H and O–H groups in total. The lowest BCUT2D eigenvalue weighted by atomic mass is 9.80. The van der Waals surface area contributed by atoms with Gasteiger partial charge in [0.1, 0.15) is 0 Å². The van der Waals surface area contributed by atoms with E-state index in [9.17, 15) is 0 Å². The molecule has 4 nitrogen and oxygen atoms in total. The number of aromatic nitrogens is 2. The molecule has 1 saturated heterocycles. The fourth-order valence-corrected chi connectivity index (χ4v) is 2.39. The van der Waals surface area contributed by atoms with Crippen LogP contribution < -0.4 is 5.46 Å². The van der Waals surface area contributed by atoms with Crippen LogP contribution in [0, 0.1) is 0 Å². The van der Waals surface area contributed by atoms with E-state index in [2.05, 4.69) is 43.3 Å². The van der Waals surface area contributed by atoms with Crippen molar-refractivity contribution in [1.82, 2.24) is 9.55 Å². The molecule has 0 amide bonds. The molecule has 0 bridgehead atoms. The first-order valence-corrected chi connectivity index (χ1v) is 6.57. The van der Waals surface area contributed by atoms with Crippen LogP contribution in [-0.2, 0) is 16.4 Å². The highest BCUT2D eigenvalue weighted by atomic mass is 16.7. The number of aryl methyl sites for hydroxylation is 1. The van der Waals surface area contributed by atoms with Gasteiger partial charge in [0.05, 0.1) is 22.2 Å². The van der Waals surface area contributed by atoms with E-state index < -0.39 is 0 Å². The average Bonchev–Trinajstić information content (AvgIpc) is 2.76. The Morgan fingerprint density at radius 2 is 1.79 bits per heavy atom. The van der Waals surface area contributed by atoms with Crippen LogP contribution in [0.4, 0.5) is 0 Å². The van der Waals surface area contributed by atoms with Crippen LogP contribution >= 0.6 is 0 Å². The summed E-state index contributed by atoms with van der Waals surface area (Å²) in [5.74, 6) is 0. The topological polar surface area (TPSA) is 36.3 Å². The molecule has 5 heteroatoms. The summed E-state index contributed by atoms with van der Waals surface area (Å²) in [5, 5.41) is 0. The molecule has 1 aliphatic heterocycles. The minimum absolute atomic E-state index is 0.325. The highest BCUT2D eigenvalue weighted by Gasteiger charge is 2.52. The number of hydrogen-bond donors (Lipinski definition) is 0. The van der Waals surface area contributed by atoms with E-state index in [1.54, 1.807) is 6.20 Å². The van der Waals surface area contributed by atoms with Gasteiger partial charge in [-0.3, -0.25) is 4.98 Å². The van der Waals surface area contributed by atoms with E-state index in [4.69, 9.17) is 9.31 Å². The molecule has 3 rings (SSSR count). The van der Waals surface area contributed by atoms with Gasteiger partial charge in [0.15, 0.2) is 0 Å². The molecule has 2 aromatic rings. The zero-order valence-electron chi connectivity index (χ0n) is 12.1. The summed E-state index contributed by atoms with van der Waals surface area (Å²) in [6.45, 7) is 8.24. The molecule has 0 atom stereocenters. The Morgan fingerprint density at radius 3 is 2.42 bits per heavy atom. The van der Waals surface area contributed by atoms with Crippen LogP contribution in [0.5, 0.6) is 0 Å². The first kappa shape index (κ1) is 12.7. The van der Waals surface area contributed by atoms with Crippen LogP contribution in [0.1, 0.15) is 27.7 Å². The quantitative estimate of drug-likeness (QED) is 0.733. The van der Waals surface area contributed by atoms with Gasteiger partial charge in [-0.1, -0.05) is 0 Å². The zero-order valence-corrected chi connectivity index (χ0v) is 12.1. The van der Waals surface area contributed by atoms with E-state index in [1.807, 2.05) is 19.3 Å². The summed E-state index contributed by atoms with van der Waals surface area (Å²) in [6.07, 6.45) is 3.84. The Labute approximate surface area is 113 Å². The van der Waals surface area contributed by atoms with Gasteiger partial charge in [-0.2, -0.15) is 0 Å². The molecule has 1 fully saturated rings. The Bertz CT molecular complexity index is 617. The van der Waals surface area contributed by atoms with Gasteiger partial charge < -0.3 is 13.9 Å². The highest BCUT2D eigenvalue weighted by Crippen LogP contribution is 2.36. The summed E-state index contributed by atoms with van der Waals surface area (Å²) in [7, 11) is 1.65. The van der Waals surface area contributed by atoms with Gasteiger partial charge in [0.25, 0.3) is 0 Å². The maximum Gasteiger partial charge on any atom is 0.498 e. The van der Waals surface area contributed by atoms with E-state index in [0.717, 1.165) is 16.5 Å². The number of rotatable bonds is 1. The molecule has 0 aliphatic carbocycles.